The number of nitrogens with one attached hydrogen (secondary N) is 1. The number of aromatic nitrogens is 5. The molecule has 0 aliphatic carbocycles. The molecule has 26 heavy (non-hydrogen) atoms. The first-order valence-corrected chi connectivity index (χ1v) is 8.04. The van der Waals surface area contributed by atoms with Crippen LogP contribution in [0.3, 0.4) is 0 Å². The van der Waals surface area contributed by atoms with Gasteiger partial charge in [-0.15, -0.1) is 5.10 Å². The minimum Gasteiger partial charge on any atom is -0.378 e. The number of carbonyl (C=O) groups excluding carboxylic acids is 1. The SMILES string of the molecule is CCCc1c(C(=O)N/N=C(/C)c2ccccc2)nnn1-c1nonc1N. The monoisotopic (exact) mass is 354 g/mol. The molecule has 10 nitrogen and oxygen atoms in total. The van der Waals surface area contributed by atoms with Crippen molar-refractivity contribution in [1.82, 2.24) is 30.7 Å². The van der Waals surface area contributed by atoms with E-state index in [1.807, 2.05) is 37.3 Å². The number of hydrogen-bond acceptors (Lipinski definition) is 8. The van der Waals surface area contributed by atoms with Crippen LogP contribution < -0.4 is 11.2 Å². The van der Waals surface area contributed by atoms with Crippen molar-refractivity contribution < 1.29 is 9.42 Å². The van der Waals surface area contributed by atoms with Crippen LogP contribution in [0.15, 0.2) is 40.1 Å². The number of rotatable bonds is 6. The lowest BCUT2D eigenvalue weighted by Gasteiger charge is -2.04. The molecule has 0 aliphatic rings. The van der Waals surface area contributed by atoms with Crippen molar-refractivity contribution in [2.75, 3.05) is 5.73 Å². The summed E-state index contributed by atoms with van der Waals surface area (Å²) in [6, 6.07) is 9.53. The fourth-order valence-corrected chi connectivity index (χ4v) is 2.38. The van der Waals surface area contributed by atoms with Crippen LogP contribution in [0.4, 0.5) is 5.82 Å². The lowest BCUT2D eigenvalue weighted by atomic mass is 10.1. The molecule has 1 aromatic carbocycles. The molecule has 0 saturated heterocycles. The van der Waals surface area contributed by atoms with E-state index in [0.717, 1.165) is 12.0 Å². The van der Waals surface area contributed by atoms with Crippen molar-refractivity contribution >= 4 is 17.4 Å². The third-order valence-electron chi connectivity index (χ3n) is 3.68. The molecule has 0 radical (unpaired) electrons. The Morgan fingerprint density at radius 1 is 1.31 bits per heavy atom. The van der Waals surface area contributed by atoms with E-state index in [4.69, 9.17) is 5.73 Å². The second kappa shape index (κ2) is 7.55. The zero-order chi connectivity index (χ0) is 18.5. The third-order valence-corrected chi connectivity index (χ3v) is 3.68. The Kier molecular flexibility index (Phi) is 5.02. The van der Waals surface area contributed by atoms with Gasteiger partial charge in [0.15, 0.2) is 5.69 Å². The number of nitrogens with two attached hydrogens (primary N) is 1. The lowest BCUT2D eigenvalue weighted by Crippen LogP contribution is -2.21. The summed E-state index contributed by atoms with van der Waals surface area (Å²) in [7, 11) is 0. The Balaban J connectivity index is 1.86. The highest BCUT2D eigenvalue weighted by Gasteiger charge is 2.23. The van der Waals surface area contributed by atoms with Gasteiger partial charge in [0.05, 0.1) is 11.4 Å². The van der Waals surface area contributed by atoms with Crippen molar-refractivity contribution in [3.63, 3.8) is 0 Å². The lowest BCUT2D eigenvalue weighted by molar-refractivity contribution is 0.0948. The van der Waals surface area contributed by atoms with Crippen LogP contribution in [0.1, 0.15) is 42.0 Å². The van der Waals surface area contributed by atoms with E-state index in [9.17, 15) is 4.79 Å². The average Bonchev–Trinajstić information content (AvgIpc) is 3.26. The molecule has 0 bridgehead atoms. The van der Waals surface area contributed by atoms with E-state index in [2.05, 4.69) is 35.8 Å². The normalized spacial score (nSPS) is 11.5. The maximum absolute atomic E-state index is 12.5. The Bertz CT molecular complexity index is 929. The van der Waals surface area contributed by atoms with E-state index >= 15 is 0 Å². The fraction of sp³-hybridized carbons (Fsp3) is 0.250. The number of nitrogen functional groups attached to an aromatic ring is 1. The van der Waals surface area contributed by atoms with Gasteiger partial charge in [-0.2, -0.15) is 9.78 Å². The maximum Gasteiger partial charge on any atom is 0.293 e. The molecule has 0 saturated carbocycles. The van der Waals surface area contributed by atoms with Crippen molar-refractivity contribution in [1.29, 1.82) is 0 Å². The van der Waals surface area contributed by atoms with Gasteiger partial charge in [-0.1, -0.05) is 48.9 Å². The second-order valence-electron chi connectivity index (χ2n) is 5.52. The molecular formula is C16H18N8O2. The largest absolute Gasteiger partial charge is 0.378 e. The van der Waals surface area contributed by atoms with Crippen LogP contribution in [0.5, 0.6) is 0 Å². The second-order valence-corrected chi connectivity index (χ2v) is 5.52. The Hall–Kier alpha value is -3.56. The highest BCUT2D eigenvalue weighted by molar-refractivity contribution is 6.00. The topological polar surface area (TPSA) is 137 Å². The van der Waals surface area contributed by atoms with E-state index in [1.54, 1.807) is 6.92 Å². The summed E-state index contributed by atoms with van der Waals surface area (Å²) in [5.74, 6) is -0.203. The van der Waals surface area contributed by atoms with E-state index in [0.29, 0.717) is 17.8 Å². The highest BCUT2D eigenvalue weighted by atomic mass is 16.6. The summed E-state index contributed by atoms with van der Waals surface area (Å²) in [6.07, 6.45) is 1.31. The minimum absolute atomic E-state index is 0.0668. The van der Waals surface area contributed by atoms with Crippen LogP contribution in [0, 0.1) is 0 Å². The molecule has 2 heterocycles. The number of hydrogen-bond donors (Lipinski definition) is 2. The Morgan fingerprint density at radius 2 is 2.08 bits per heavy atom. The third kappa shape index (κ3) is 3.43. The molecule has 3 aromatic rings. The predicted molar refractivity (Wildman–Crippen MR) is 93.7 cm³/mol. The highest BCUT2D eigenvalue weighted by Crippen LogP contribution is 2.17. The molecule has 0 aliphatic heterocycles. The minimum atomic E-state index is -0.468. The molecule has 0 spiro atoms. The number of amides is 1. The molecule has 0 unspecified atom stereocenters. The number of hydrazone groups is 1. The molecule has 0 atom stereocenters. The fourth-order valence-electron chi connectivity index (χ4n) is 2.38. The van der Waals surface area contributed by atoms with Crippen LogP contribution in [0.25, 0.3) is 5.82 Å². The molecule has 10 heteroatoms. The van der Waals surface area contributed by atoms with Gasteiger partial charge in [-0.25, -0.2) is 10.1 Å². The van der Waals surface area contributed by atoms with Crippen molar-refractivity contribution in [2.24, 2.45) is 5.10 Å². The average molecular weight is 354 g/mol. The van der Waals surface area contributed by atoms with E-state index in [-0.39, 0.29) is 17.3 Å². The zero-order valence-electron chi connectivity index (χ0n) is 14.4. The number of benzene rings is 1. The van der Waals surface area contributed by atoms with Gasteiger partial charge in [0.25, 0.3) is 5.91 Å². The van der Waals surface area contributed by atoms with Crippen LogP contribution in [0.2, 0.25) is 0 Å². The summed E-state index contributed by atoms with van der Waals surface area (Å²) >= 11 is 0. The van der Waals surface area contributed by atoms with Gasteiger partial charge in [-0.05, 0) is 29.2 Å². The Morgan fingerprint density at radius 3 is 2.73 bits per heavy atom. The molecule has 2 aromatic heterocycles. The summed E-state index contributed by atoms with van der Waals surface area (Å²) in [4.78, 5) is 12.5. The summed E-state index contributed by atoms with van der Waals surface area (Å²) in [5.41, 5.74) is 10.5. The van der Waals surface area contributed by atoms with Gasteiger partial charge in [-0.3, -0.25) is 4.79 Å². The molecule has 134 valence electrons. The van der Waals surface area contributed by atoms with Crippen molar-refractivity contribution in [3.05, 3.63) is 47.3 Å². The van der Waals surface area contributed by atoms with Gasteiger partial charge in [0.2, 0.25) is 11.6 Å². The predicted octanol–water partition coefficient (Wildman–Crippen LogP) is 1.34. The first-order valence-electron chi connectivity index (χ1n) is 8.04. The number of carbonyl (C=O) groups is 1. The molecule has 3 N–H and O–H groups in total. The summed E-state index contributed by atoms with van der Waals surface area (Å²) < 4.78 is 5.95. The maximum atomic E-state index is 12.5. The molecule has 0 fully saturated rings. The van der Waals surface area contributed by atoms with Gasteiger partial charge < -0.3 is 5.73 Å². The first kappa shape index (κ1) is 17.3. The van der Waals surface area contributed by atoms with E-state index in [1.165, 1.54) is 4.68 Å². The van der Waals surface area contributed by atoms with Crippen LogP contribution >= 0.6 is 0 Å². The molecular weight excluding hydrogens is 336 g/mol. The van der Waals surface area contributed by atoms with Crippen molar-refractivity contribution in [3.8, 4) is 5.82 Å². The smallest absolute Gasteiger partial charge is 0.293 e. The van der Waals surface area contributed by atoms with Crippen molar-refractivity contribution in [2.45, 2.75) is 26.7 Å². The van der Waals surface area contributed by atoms with Crippen LogP contribution in [-0.4, -0.2) is 36.9 Å². The molecule has 1 amide bonds. The quantitative estimate of drug-likeness (QED) is 0.503. The van der Waals surface area contributed by atoms with Gasteiger partial charge in [0.1, 0.15) is 0 Å². The standard InChI is InChI=1S/C16H18N8O2/c1-3-7-12-13(19-23-24(12)15-14(17)21-26-22-15)16(25)20-18-10(2)11-8-5-4-6-9-11/h4-6,8-9H,3,7H2,1-2H3,(H2,17,21)(H,20,25)/b18-10-. The first-order chi connectivity index (χ1) is 12.6. The Labute approximate surface area is 149 Å². The number of nitrogens with zero attached hydrogens (tertiary/aromatic N) is 6. The molecule has 3 rings (SSSR count). The van der Waals surface area contributed by atoms with E-state index < -0.39 is 5.91 Å². The van der Waals surface area contributed by atoms with Gasteiger partial charge >= 0.3 is 0 Å². The zero-order valence-corrected chi connectivity index (χ0v) is 14.4. The van der Waals surface area contributed by atoms with Crippen LogP contribution in [-0.2, 0) is 6.42 Å². The summed E-state index contributed by atoms with van der Waals surface area (Å²) in [5, 5.41) is 19.3. The summed E-state index contributed by atoms with van der Waals surface area (Å²) in [6.45, 7) is 3.78. The number of anilines is 1. The van der Waals surface area contributed by atoms with Gasteiger partial charge in [0, 0.05) is 0 Å².